The molecule has 0 saturated heterocycles. The first-order valence-corrected chi connectivity index (χ1v) is 7.93. The van der Waals surface area contributed by atoms with E-state index < -0.39 is 0 Å². The number of hydrogen-bond donors (Lipinski definition) is 1. The summed E-state index contributed by atoms with van der Waals surface area (Å²) in [5.74, 6) is -0.0157. The van der Waals surface area contributed by atoms with Crippen LogP contribution in [0.5, 0.6) is 5.75 Å². The Bertz CT molecular complexity index is 1030. The molecule has 0 aliphatic heterocycles. The lowest BCUT2D eigenvalue weighted by Gasteiger charge is -2.17. The van der Waals surface area contributed by atoms with Crippen LogP contribution in [0, 0.1) is 0 Å². The van der Waals surface area contributed by atoms with Crippen molar-refractivity contribution >= 4 is 23.7 Å². The second kappa shape index (κ2) is 5.87. The van der Waals surface area contributed by atoms with Gasteiger partial charge in [-0.25, -0.2) is 0 Å². The molecule has 0 radical (unpaired) electrons. The minimum Gasteiger partial charge on any atom is -0.508 e. The van der Waals surface area contributed by atoms with Gasteiger partial charge < -0.3 is 5.11 Å². The van der Waals surface area contributed by atoms with E-state index >= 15 is 0 Å². The first kappa shape index (κ1) is 15.1. The highest BCUT2D eigenvalue weighted by atomic mass is 16.3. The Labute approximate surface area is 144 Å². The lowest BCUT2D eigenvalue weighted by Crippen LogP contribution is -2.20. The van der Waals surface area contributed by atoms with Gasteiger partial charge in [-0.15, -0.1) is 0 Å². The highest BCUT2D eigenvalue weighted by molar-refractivity contribution is 6.28. The van der Waals surface area contributed by atoms with Crippen LogP contribution in [-0.2, 0) is 0 Å². The molecule has 3 aromatic carbocycles. The topological polar surface area (TPSA) is 54.4 Å². The van der Waals surface area contributed by atoms with Crippen LogP contribution in [-0.4, -0.2) is 16.7 Å². The fourth-order valence-corrected chi connectivity index (χ4v) is 3.00. The van der Waals surface area contributed by atoms with Gasteiger partial charge in [0.25, 0.3) is 0 Å². The molecule has 0 atom stereocenters. The number of phenols is 1. The Morgan fingerprint density at radius 2 is 1.12 bits per heavy atom. The maximum Gasteiger partial charge on any atom is 0.194 e. The van der Waals surface area contributed by atoms with Gasteiger partial charge in [-0.2, -0.15) is 0 Å². The van der Waals surface area contributed by atoms with Crippen molar-refractivity contribution in [2.24, 2.45) is 0 Å². The van der Waals surface area contributed by atoms with Gasteiger partial charge in [-0.1, -0.05) is 54.6 Å². The van der Waals surface area contributed by atoms with Gasteiger partial charge in [0.1, 0.15) is 5.75 Å². The normalized spacial score (nSPS) is 13.0. The molecule has 25 heavy (non-hydrogen) atoms. The van der Waals surface area contributed by atoms with E-state index in [1.165, 1.54) is 0 Å². The molecule has 0 amide bonds. The van der Waals surface area contributed by atoms with Crippen molar-refractivity contribution in [3.8, 4) is 5.75 Å². The van der Waals surface area contributed by atoms with Crippen molar-refractivity contribution in [3.63, 3.8) is 0 Å². The van der Waals surface area contributed by atoms with E-state index in [1.54, 1.807) is 60.7 Å². The summed E-state index contributed by atoms with van der Waals surface area (Å²) in [6, 6.07) is 19.0. The van der Waals surface area contributed by atoms with E-state index in [2.05, 4.69) is 0 Å². The molecule has 3 heteroatoms. The molecular formula is C22H14O3. The van der Waals surface area contributed by atoms with E-state index in [0.29, 0.717) is 22.3 Å². The fraction of sp³-hybridized carbons (Fsp3) is 0. The molecule has 3 aromatic rings. The number of fused-ring (bicyclic) bond motifs is 2. The molecular weight excluding hydrogens is 312 g/mol. The molecule has 1 aliphatic rings. The molecule has 3 nitrogen and oxygen atoms in total. The predicted molar refractivity (Wildman–Crippen MR) is 96.8 cm³/mol. The van der Waals surface area contributed by atoms with Gasteiger partial charge in [0.15, 0.2) is 11.6 Å². The average molecular weight is 326 g/mol. The van der Waals surface area contributed by atoms with Crippen molar-refractivity contribution < 1.29 is 14.7 Å². The largest absolute Gasteiger partial charge is 0.508 e. The predicted octanol–water partition coefficient (Wildman–Crippen LogP) is 4.34. The van der Waals surface area contributed by atoms with Crippen molar-refractivity contribution in [2.45, 2.75) is 0 Å². The molecule has 0 fully saturated rings. The van der Waals surface area contributed by atoms with Crippen LogP contribution in [0.4, 0.5) is 0 Å². The number of rotatable bonds is 2. The number of aromatic hydroxyl groups is 1. The maximum atomic E-state index is 12.7. The number of phenolic OH excluding ortho intramolecular Hbond substituents is 1. The summed E-state index contributed by atoms with van der Waals surface area (Å²) in [6.45, 7) is 0. The zero-order valence-corrected chi connectivity index (χ0v) is 13.3. The maximum absolute atomic E-state index is 12.7. The third kappa shape index (κ3) is 2.66. The van der Waals surface area contributed by atoms with Gasteiger partial charge in [0.2, 0.25) is 0 Å². The van der Waals surface area contributed by atoms with Gasteiger partial charge >= 0.3 is 0 Å². The Morgan fingerprint density at radius 3 is 1.80 bits per heavy atom. The molecule has 1 aliphatic carbocycles. The van der Waals surface area contributed by atoms with Crippen LogP contribution in [0.15, 0.2) is 66.7 Å². The Balaban J connectivity index is 1.71. The zero-order valence-electron chi connectivity index (χ0n) is 13.3. The van der Waals surface area contributed by atoms with Crippen molar-refractivity contribution in [1.82, 2.24) is 0 Å². The lowest BCUT2D eigenvalue weighted by atomic mass is 9.83. The van der Waals surface area contributed by atoms with Crippen LogP contribution >= 0.6 is 0 Å². The summed E-state index contributed by atoms with van der Waals surface area (Å²) in [4.78, 5) is 25.3. The smallest absolute Gasteiger partial charge is 0.194 e. The number of benzene rings is 3. The third-order valence-corrected chi connectivity index (χ3v) is 4.31. The fourth-order valence-electron chi connectivity index (χ4n) is 3.00. The van der Waals surface area contributed by atoms with Crippen LogP contribution in [0.3, 0.4) is 0 Å². The summed E-state index contributed by atoms with van der Waals surface area (Å²) in [5, 5.41) is 9.31. The van der Waals surface area contributed by atoms with Crippen LogP contribution < -0.4 is 0 Å². The van der Waals surface area contributed by atoms with Gasteiger partial charge in [-0.3, -0.25) is 9.59 Å². The minimum absolute atomic E-state index is 0.112. The molecule has 1 N–H and O–H groups in total. The standard InChI is InChI=1S/C22H14O3/c23-16-10-7-14(8-11-16)5-6-15-9-12-19-20(13-15)22(25)18-4-2-1-3-17(18)21(19)24/h1-13,23H/b6-5+. The van der Waals surface area contributed by atoms with Crippen LogP contribution in [0.2, 0.25) is 0 Å². The number of carbonyl (C=O) groups is 2. The molecule has 0 spiro atoms. The molecule has 0 aromatic heterocycles. The zero-order chi connectivity index (χ0) is 17.4. The van der Waals surface area contributed by atoms with Crippen molar-refractivity contribution in [1.29, 1.82) is 0 Å². The summed E-state index contributed by atoms with van der Waals surface area (Å²) >= 11 is 0. The second-order valence-corrected chi connectivity index (χ2v) is 5.93. The van der Waals surface area contributed by atoms with E-state index in [9.17, 15) is 14.7 Å². The highest BCUT2D eigenvalue weighted by Crippen LogP contribution is 2.28. The SMILES string of the molecule is O=C1c2ccccc2C(=O)c2cc(/C=C/c3ccc(O)cc3)ccc21. The van der Waals surface area contributed by atoms with E-state index in [0.717, 1.165) is 11.1 Å². The molecule has 0 heterocycles. The summed E-state index contributed by atoms with van der Waals surface area (Å²) in [6.07, 6.45) is 3.77. The van der Waals surface area contributed by atoms with Gasteiger partial charge in [-0.05, 0) is 35.4 Å². The molecule has 4 rings (SSSR count). The van der Waals surface area contributed by atoms with Crippen LogP contribution in [0.25, 0.3) is 12.2 Å². The number of hydrogen-bond acceptors (Lipinski definition) is 3. The van der Waals surface area contributed by atoms with Crippen molar-refractivity contribution in [2.75, 3.05) is 0 Å². The summed E-state index contributed by atoms with van der Waals surface area (Å²) < 4.78 is 0. The van der Waals surface area contributed by atoms with E-state index in [-0.39, 0.29) is 17.3 Å². The van der Waals surface area contributed by atoms with E-state index in [4.69, 9.17) is 0 Å². The first-order chi connectivity index (χ1) is 12.1. The van der Waals surface area contributed by atoms with Gasteiger partial charge in [0, 0.05) is 22.3 Å². The first-order valence-electron chi connectivity index (χ1n) is 7.93. The number of ketones is 2. The van der Waals surface area contributed by atoms with Crippen LogP contribution in [0.1, 0.15) is 43.0 Å². The van der Waals surface area contributed by atoms with Gasteiger partial charge in [0.05, 0.1) is 0 Å². The Kier molecular flexibility index (Phi) is 3.55. The highest BCUT2D eigenvalue weighted by Gasteiger charge is 2.28. The molecule has 0 unspecified atom stereocenters. The molecule has 0 bridgehead atoms. The minimum atomic E-state index is -0.120. The summed E-state index contributed by atoms with van der Waals surface area (Å²) in [7, 11) is 0. The second-order valence-electron chi connectivity index (χ2n) is 5.93. The Morgan fingerprint density at radius 1 is 0.600 bits per heavy atom. The third-order valence-electron chi connectivity index (χ3n) is 4.31. The lowest BCUT2D eigenvalue weighted by molar-refractivity contribution is 0.0979. The molecule has 120 valence electrons. The van der Waals surface area contributed by atoms with E-state index in [1.807, 2.05) is 18.2 Å². The average Bonchev–Trinajstić information content (AvgIpc) is 2.65. The molecule has 0 saturated carbocycles. The Hall–Kier alpha value is -3.46. The quantitative estimate of drug-likeness (QED) is 0.558. The summed E-state index contributed by atoms with van der Waals surface area (Å²) in [5.41, 5.74) is 3.59. The number of carbonyl (C=O) groups excluding carboxylic acids is 2. The monoisotopic (exact) mass is 326 g/mol. The van der Waals surface area contributed by atoms with Crippen molar-refractivity contribution in [3.05, 3.63) is 100 Å².